The summed E-state index contributed by atoms with van der Waals surface area (Å²) in [5.74, 6) is -0.0179. The van der Waals surface area contributed by atoms with Gasteiger partial charge in [0, 0.05) is 18.2 Å². The van der Waals surface area contributed by atoms with Gasteiger partial charge >= 0.3 is 0 Å². The predicted molar refractivity (Wildman–Crippen MR) is 73.9 cm³/mol. The SMILES string of the molecule is CCCn1cncc1COc1ccc([C@H](C)O)c(F)c1. The normalized spacial score (nSPS) is 12.4. The minimum Gasteiger partial charge on any atom is -0.487 e. The average Bonchev–Trinajstić information content (AvgIpc) is 2.84. The lowest BCUT2D eigenvalue weighted by Gasteiger charge is -2.11. The number of benzene rings is 1. The molecule has 20 heavy (non-hydrogen) atoms. The molecule has 0 saturated heterocycles. The van der Waals surface area contributed by atoms with Crippen LogP contribution in [0.15, 0.2) is 30.7 Å². The molecule has 0 unspecified atom stereocenters. The molecule has 108 valence electrons. The highest BCUT2D eigenvalue weighted by Gasteiger charge is 2.09. The summed E-state index contributed by atoms with van der Waals surface area (Å²) in [6.07, 6.45) is 3.70. The summed E-state index contributed by atoms with van der Waals surface area (Å²) < 4.78 is 21.3. The van der Waals surface area contributed by atoms with Gasteiger partial charge < -0.3 is 14.4 Å². The van der Waals surface area contributed by atoms with E-state index in [1.165, 1.54) is 13.0 Å². The van der Waals surface area contributed by atoms with E-state index in [2.05, 4.69) is 11.9 Å². The van der Waals surface area contributed by atoms with Gasteiger partial charge in [0.05, 0.1) is 24.3 Å². The van der Waals surface area contributed by atoms with Crippen molar-refractivity contribution >= 4 is 0 Å². The Hall–Kier alpha value is -1.88. The smallest absolute Gasteiger partial charge is 0.132 e. The van der Waals surface area contributed by atoms with Crippen molar-refractivity contribution in [2.45, 2.75) is 39.5 Å². The molecule has 5 heteroatoms. The molecule has 0 radical (unpaired) electrons. The molecule has 1 aromatic heterocycles. The van der Waals surface area contributed by atoms with Gasteiger partial charge in [-0.2, -0.15) is 0 Å². The van der Waals surface area contributed by atoms with E-state index in [0.717, 1.165) is 18.7 Å². The summed E-state index contributed by atoms with van der Waals surface area (Å²) in [4.78, 5) is 4.08. The van der Waals surface area contributed by atoms with Crippen LogP contribution < -0.4 is 4.74 Å². The molecule has 1 atom stereocenters. The molecule has 2 aromatic rings. The molecule has 0 amide bonds. The highest BCUT2D eigenvalue weighted by atomic mass is 19.1. The van der Waals surface area contributed by atoms with Crippen molar-refractivity contribution in [3.05, 3.63) is 47.8 Å². The fourth-order valence-corrected chi connectivity index (χ4v) is 2.00. The van der Waals surface area contributed by atoms with Gasteiger partial charge in [-0.05, 0) is 25.5 Å². The third-order valence-corrected chi connectivity index (χ3v) is 3.07. The Morgan fingerprint density at radius 3 is 2.90 bits per heavy atom. The van der Waals surface area contributed by atoms with Gasteiger partial charge in [0.1, 0.15) is 18.2 Å². The number of nitrogens with zero attached hydrogens (tertiary/aromatic N) is 2. The van der Waals surface area contributed by atoms with Gasteiger partial charge in [0.25, 0.3) is 0 Å². The topological polar surface area (TPSA) is 47.3 Å². The van der Waals surface area contributed by atoms with Crippen LogP contribution in [0.1, 0.15) is 37.6 Å². The minimum atomic E-state index is -0.824. The number of imidazole rings is 1. The molecule has 1 aromatic carbocycles. The van der Waals surface area contributed by atoms with Crippen LogP contribution >= 0.6 is 0 Å². The fraction of sp³-hybridized carbons (Fsp3) is 0.400. The molecule has 0 fully saturated rings. The lowest BCUT2D eigenvalue weighted by molar-refractivity contribution is 0.193. The quantitative estimate of drug-likeness (QED) is 0.883. The fourth-order valence-electron chi connectivity index (χ4n) is 2.00. The Morgan fingerprint density at radius 1 is 1.45 bits per heavy atom. The van der Waals surface area contributed by atoms with Gasteiger partial charge in [-0.15, -0.1) is 0 Å². The summed E-state index contributed by atoms with van der Waals surface area (Å²) in [6, 6.07) is 4.49. The Kier molecular flexibility index (Phi) is 4.74. The molecule has 0 aliphatic rings. The molecule has 0 spiro atoms. The highest BCUT2D eigenvalue weighted by molar-refractivity contribution is 5.30. The van der Waals surface area contributed by atoms with Crippen LogP contribution in [0.4, 0.5) is 4.39 Å². The van der Waals surface area contributed by atoms with Gasteiger partial charge in [-0.25, -0.2) is 9.37 Å². The van der Waals surface area contributed by atoms with Gasteiger partial charge in [-0.1, -0.05) is 6.92 Å². The Morgan fingerprint density at radius 2 is 2.25 bits per heavy atom. The lowest BCUT2D eigenvalue weighted by Crippen LogP contribution is -2.05. The van der Waals surface area contributed by atoms with Gasteiger partial charge in [-0.3, -0.25) is 0 Å². The molecule has 0 aliphatic heterocycles. The third kappa shape index (κ3) is 3.36. The standard InChI is InChI=1S/C15H19FN2O2/c1-3-6-18-10-17-8-12(18)9-20-13-4-5-14(11(2)19)15(16)7-13/h4-5,7-8,10-11,19H,3,6,9H2,1-2H3/t11-/m0/s1. The zero-order valence-corrected chi connectivity index (χ0v) is 11.7. The van der Waals surface area contributed by atoms with Crippen LogP contribution in [-0.4, -0.2) is 14.7 Å². The monoisotopic (exact) mass is 278 g/mol. The van der Waals surface area contributed by atoms with E-state index in [9.17, 15) is 9.50 Å². The van der Waals surface area contributed by atoms with Crippen molar-refractivity contribution in [2.24, 2.45) is 0 Å². The second-order valence-electron chi connectivity index (χ2n) is 4.73. The maximum absolute atomic E-state index is 13.7. The first-order chi connectivity index (χ1) is 9.61. The number of rotatable bonds is 6. The first kappa shape index (κ1) is 14.5. The molecule has 4 nitrogen and oxygen atoms in total. The molecule has 0 bridgehead atoms. The van der Waals surface area contributed by atoms with Crippen molar-refractivity contribution in [3.63, 3.8) is 0 Å². The van der Waals surface area contributed by atoms with Crippen molar-refractivity contribution < 1.29 is 14.2 Å². The van der Waals surface area contributed by atoms with Crippen LogP contribution in [0.25, 0.3) is 0 Å². The van der Waals surface area contributed by atoms with Crippen LogP contribution in [0.5, 0.6) is 5.75 Å². The molecule has 0 aliphatic carbocycles. The molecular formula is C15H19FN2O2. The summed E-state index contributed by atoms with van der Waals surface area (Å²) >= 11 is 0. The number of aliphatic hydroxyl groups excluding tert-OH is 1. The Balaban J connectivity index is 2.04. The first-order valence-electron chi connectivity index (χ1n) is 6.71. The lowest BCUT2D eigenvalue weighted by atomic mass is 10.1. The molecule has 2 rings (SSSR count). The minimum absolute atomic E-state index is 0.272. The average molecular weight is 278 g/mol. The van der Waals surface area contributed by atoms with E-state index in [0.29, 0.717) is 12.4 Å². The maximum atomic E-state index is 13.7. The zero-order valence-electron chi connectivity index (χ0n) is 11.7. The number of ether oxygens (including phenoxy) is 1. The van der Waals surface area contributed by atoms with Crippen LogP contribution in [0.2, 0.25) is 0 Å². The second kappa shape index (κ2) is 6.52. The molecule has 1 N–H and O–H groups in total. The zero-order chi connectivity index (χ0) is 14.5. The summed E-state index contributed by atoms with van der Waals surface area (Å²) in [5, 5.41) is 9.38. The van der Waals surface area contributed by atoms with E-state index in [4.69, 9.17) is 4.74 Å². The number of halogens is 1. The largest absolute Gasteiger partial charge is 0.487 e. The van der Waals surface area contributed by atoms with E-state index in [-0.39, 0.29) is 5.56 Å². The van der Waals surface area contributed by atoms with E-state index in [1.54, 1.807) is 24.7 Å². The summed E-state index contributed by atoms with van der Waals surface area (Å²) in [7, 11) is 0. The summed E-state index contributed by atoms with van der Waals surface area (Å²) in [6.45, 7) is 4.85. The third-order valence-electron chi connectivity index (χ3n) is 3.07. The maximum Gasteiger partial charge on any atom is 0.132 e. The number of aromatic nitrogens is 2. The van der Waals surface area contributed by atoms with Crippen molar-refractivity contribution in [2.75, 3.05) is 0 Å². The predicted octanol–water partition coefficient (Wildman–Crippen LogP) is 3.06. The van der Waals surface area contributed by atoms with E-state index in [1.807, 2.05) is 4.57 Å². The highest BCUT2D eigenvalue weighted by Crippen LogP contribution is 2.22. The number of hydrogen-bond donors (Lipinski definition) is 1. The molecule has 0 saturated carbocycles. The molecule has 1 heterocycles. The van der Waals surface area contributed by atoms with E-state index < -0.39 is 11.9 Å². The van der Waals surface area contributed by atoms with E-state index >= 15 is 0 Å². The van der Waals surface area contributed by atoms with Crippen molar-refractivity contribution in [1.82, 2.24) is 9.55 Å². The summed E-state index contributed by atoms with van der Waals surface area (Å²) in [5.41, 5.74) is 1.22. The van der Waals surface area contributed by atoms with Crippen LogP contribution in [0.3, 0.4) is 0 Å². The van der Waals surface area contributed by atoms with Crippen LogP contribution in [-0.2, 0) is 13.2 Å². The second-order valence-corrected chi connectivity index (χ2v) is 4.73. The number of aliphatic hydroxyl groups is 1. The van der Waals surface area contributed by atoms with Gasteiger partial charge in [0.15, 0.2) is 0 Å². The van der Waals surface area contributed by atoms with Gasteiger partial charge in [0.2, 0.25) is 0 Å². The Labute approximate surface area is 117 Å². The van der Waals surface area contributed by atoms with Crippen molar-refractivity contribution in [1.29, 1.82) is 0 Å². The van der Waals surface area contributed by atoms with Crippen LogP contribution in [0, 0.1) is 5.82 Å². The number of aryl methyl sites for hydroxylation is 1. The first-order valence-corrected chi connectivity index (χ1v) is 6.71. The van der Waals surface area contributed by atoms with Crippen molar-refractivity contribution in [3.8, 4) is 5.75 Å². The number of hydrogen-bond acceptors (Lipinski definition) is 3. The molecular weight excluding hydrogens is 259 g/mol. The Bertz CT molecular complexity index is 567.